The molecule has 0 saturated heterocycles. The van der Waals surface area contributed by atoms with Crippen LogP contribution in [0.25, 0.3) is 0 Å². The summed E-state index contributed by atoms with van der Waals surface area (Å²) < 4.78 is 32.4. The standard InChI is InChI=1S/C17H22F2N2O2S/c1-4-14(23-6-5-22)16-20-15(10(2)3)17(21-16)24-13-8-11(18)7-12(19)9-13/h7-10,14,22H,4-6H2,1-3H3,(H,20,21). The molecule has 0 spiro atoms. The number of rotatable bonds is 8. The number of nitrogens with one attached hydrogen (secondary N) is 1. The van der Waals surface area contributed by atoms with Crippen LogP contribution in [0.5, 0.6) is 0 Å². The van der Waals surface area contributed by atoms with E-state index in [1.54, 1.807) is 0 Å². The summed E-state index contributed by atoms with van der Waals surface area (Å²) in [4.78, 5) is 8.29. The van der Waals surface area contributed by atoms with E-state index in [2.05, 4.69) is 9.97 Å². The third kappa shape index (κ3) is 4.78. The van der Waals surface area contributed by atoms with Crippen molar-refractivity contribution in [1.29, 1.82) is 0 Å². The van der Waals surface area contributed by atoms with Crippen molar-refractivity contribution in [3.8, 4) is 0 Å². The molecule has 1 aromatic carbocycles. The molecule has 1 heterocycles. The molecule has 0 saturated carbocycles. The molecule has 2 aromatic rings. The second-order valence-corrected chi connectivity index (χ2v) is 6.76. The summed E-state index contributed by atoms with van der Waals surface area (Å²) in [6.07, 6.45) is 0.442. The molecule has 0 aliphatic carbocycles. The molecule has 0 amide bonds. The maximum absolute atomic E-state index is 13.4. The number of aliphatic hydroxyl groups is 1. The van der Waals surface area contributed by atoms with Crippen LogP contribution >= 0.6 is 11.8 Å². The number of aromatic amines is 1. The summed E-state index contributed by atoms with van der Waals surface area (Å²) >= 11 is 1.22. The third-order valence-electron chi connectivity index (χ3n) is 3.43. The smallest absolute Gasteiger partial charge is 0.136 e. The van der Waals surface area contributed by atoms with Gasteiger partial charge in [-0.1, -0.05) is 32.5 Å². The Kier molecular flexibility index (Phi) is 6.77. The number of hydrogen-bond donors (Lipinski definition) is 2. The highest BCUT2D eigenvalue weighted by atomic mass is 32.2. The van der Waals surface area contributed by atoms with Gasteiger partial charge in [-0.2, -0.15) is 0 Å². The van der Waals surface area contributed by atoms with E-state index in [1.807, 2.05) is 20.8 Å². The van der Waals surface area contributed by atoms with Crippen molar-refractivity contribution in [2.75, 3.05) is 13.2 Å². The van der Waals surface area contributed by atoms with Crippen LogP contribution < -0.4 is 0 Å². The van der Waals surface area contributed by atoms with Crippen LogP contribution in [-0.2, 0) is 4.74 Å². The fraction of sp³-hybridized carbons (Fsp3) is 0.471. The van der Waals surface area contributed by atoms with Crippen molar-refractivity contribution in [3.05, 3.63) is 41.4 Å². The van der Waals surface area contributed by atoms with Gasteiger partial charge in [-0.3, -0.25) is 0 Å². The number of aliphatic hydroxyl groups excluding tert-OH is 1. The molecular weight excluding hydrogens is 334 g/mol. The first kappa shape index (κ1) is 18.9. The van der Waals surface area contributed by atoms with Gasteiger partial charge in [-0.25, -0.2) is 13.8 Å². The number of ether oxygens (including phenoxy) is 1. The van der Waals surface area contributed by atoms with Crippen molar-refractivity contribution in [1.82, 2.24) is 9.97 Å². The molecule has 0 aliphatic heterocycles. The van der Waals surface area contributed by atoms with Crippen LogP contribution in [-0.4, -0.2) is 28.3 Å². The maximum Gasteiger partial charge on any atom is 0.136 e. The molecular formula is C17H22F2N2O2S. The largest absolute Gasteiger partial charge is 0.394 e. The molecule has 4 nitrogen and oxygen atoms in total. The van der Waals surface area contributed by atoms with E-state index < -0.39 is 11.6 Å². The fourth-order valence-corrected chi connectivity index (χ4v) is 3.40. The van der Waals surface area contributed by atoms with E-state index in [1.165, 1.54) is 23.9 Å². The molecule has 0 bridgehead atoms. The minimum absolute atomic E-state index is 0.0571. The van der Waals surface area contributed by atoms with Crippen LogP contribution in [0, 0.1) is 11.6 Å². The second kappa shape index (κ2) is 8.60. The van der Waals surface area contributed by atoms with E-state index in [0.29, 0.717) is 22.2 Å². The Balaban J connectivity index is 2.30. The van der Waals surface area contributed by atoms with Gasteiger partial charge in [0.25, 0.3) is 0 Å². The van der Waals surface area contributed by atoms with Crippen molar-refractivity contribution < 1.29 is 18.6 Å². The van der Waals surface area contributed by atoms with Gasteiger partial charge in [0.15, 0.2) is 0 Å². The SMILES string of the molecule is CCC(OCCO)c1nc(Sc2cc(F)cc(F)c2)c(C(C)C)[nH]1. The monoisotopic (exact) mass is 356 g/mol. The minimum Gasteiger partial charge on any atom is -0.394 e. The van der Waals surface area contributed by atoms with E-state index >= 15 is 0 Å². The highest BCUT2D eigenvalue weighted by Crippen LogP contribution is 2.35. The van der Waals surface area contributed by atoms with Crippen LogP contribution in [0.3, 0.4) is 0 Å². The second-order valence-electron chi connectivity index (χ2n) is 5.69. The highest BCUT2D eigenvalue weighted by molar-refractivity contribution is 7.99. The molecule has 1 unspecified atom stereocenters. The zero-order valence-electron chi connectivity index (χ0n) is 14.0. The molecule has 1 atom stereocenters. The van der Waals surface area contributed by atoms with Gasteiger partial charge in [0.1, 0.15) is 28.6 Å². The lowest BCUT2D eigenvalue weighted by Crippen LogP contribution is -2.08. The lowest BCUT2D eigenvalue weighted by Gasteiger charge is -2.12. The topological polar surface area (TPSA) is 58.1 Å². The number of benzene rings is 1. The zero-order valence-corrected chi connectivity index (χ0v) is 14.8. The average Bonchev–Trinajstić information content (AvgIpc) is 2.91. The molecule has 1 aromatic heterocycles. The number of imidazole rings is 1. The zero-order chi connectivity index (χ0) is 17.7. The summed E-state index contributed by atoms with van der Waals surface area (Å²) in [5, 5.41) is 9.60. The van der Waals surface area contributed by atoms with Crippen molar-refractivity contribution in [2.24, 2.45) is 0 Å². The molecule has 0 aliphatic rings. The lowest BCUT2D eigenvalue weighted by molar-refractivity contribution is 0.0211. The average molecular weight is 356 g/mol. The molecule has 7 heteroatoms. The molecule has 0 fully saturated rings. The number of nitrogens with zero attached hydrogens (tertiary/aromatic N) is 1. The Bertz CT molecular complexity index is 656. The number of halogens is 2. The Morgan fingerprint density at radius 1 is 1.25 bits per heavy atom. The van der Waals surface area contributed by atoms with Gasteiger partial charge in [0.2, 0.25) is 0 Å². The summed E-state index contributed by atoms with van der Waals surface area (Å²) in [5.41, 5.74) is 0.894. The summed E-state index contributed by atoms with van der Waals surface area (Å²) in [6, 6.07) is 3.41. The van der Waals surface area contributed by atoms with Gasteiger partial charge in [-0.05, 0) is 24.5 Å². The molecule has 0 radical (unpaired) electrons. The number of hydrogen-bond acceptors (Lipinski definition) is 4. The first-order valence-electron chi connectivity index (χ1n) is 7.90. The molecule has 2 N–H and O–H groups in total. The third-order valence-corrected chi connectivity index (χ3v) is 4.41. The first-order chi connectivity index (χ1) is 11.4. The Morgan fingerprint density at radius 3 is 2.46 bits per heavy atom. The summed E-state index contributed by atoms with van der Waals surface area (Å²) in [7, 11) is 0. The Labute approximate surface area is 144 Å². The maximum atomic E-state index is 13.4. The predicted molar refractivity (Wildman–Crippen MR) is 89.2 cm³/mol. The number of aromatic nitrogens is 2. The summed E-state index contributed by atoms with van der Waals surface area (Å²) in [6.45, 7) is 6.17. The van der Waals surface area contributed by atoms with E-state index in [4.69, 9.17) is 9.84 Å². The minimum atomic E-state index is -0.614. The van der Waals surface area contributed by atoms with Crippen molar-refractivity contribution in [2.45, 2.75) is 49.1 Å². The molecule has 2 rings (SSSR count). The van der Waals surface area contributed by atoms with Gasteiger partial charge in [0, 0.05) is 11.0 Å². The van der Waals surface area contributed by atoms with Crippen LogP contribution in [0.2, 0.25) is 0 Å². The summed E-state index contributed by atoms with van der Waals surface area (Å²) in [5.74, 6) is -0.398. The van der Waals surface area contributed by atoms with Gasteiger partial charge >= 0.3 is 0 Å². The quantitative estimate of drug-likeness (QED) is 0.735. The van der Waals surface area contributed by atoms with Gasteiger partial charge < -0.3 is 14.8 Å². The Morgan fingerprint density at radius 2 is 1.92 bits per heavy atom. The van der Waals surface area contributed by atoms with Crippen LogP contribution in [0.1, 0.15) is 50.7 Å². The van der Waals surface area contributed by atoms with Gasteiger partial charge in [0.05, 0.1) is 18.9 Å². The van der Waals surface area contributed by atoms with E-state index in [9.17, 15) is 8.78 Å². The first-order valence-corrected chi connectivity index (χ1v) is 8.72. The molecule has 132 valence electrons. The number of H-pyrrole nitrogens is 1. The molecule has 24 heavy (non-hydrogen) atoms. The fourth-order valence-electron chi connectivity index (χ4n) is 2.29. The predicted octanol–water partition coefficient (Wildman–Crippen LogP) is 4.42. The van der Waals surface area contributed by atoms with Crippen LogP contribution in [0.4, 0.5) is 8.78 Å². The highest BCUT2D eigenvalue weighted by Gasteiger charge is 2.20. The van der Waals surface area contributed by atoms with Crippen molar-refractivity contribution in [3.63, 3.8) is 0 Å². The van der Waals surface area contributed by atoms with E-state index in [-0.39, 0.29) is 25.2 Å². The lowest BCUT2D eigenvalue weighted by atomic mass is 10.1. The van der Waals surface area contributed by atoms with Crippen LogP contribution in [0.15, 0.2) is 28.1 Å². The van der Waals surface area contributed by atoms with Gasteiger partial charge in [-0.15, -0.1) is 0 Å². The normalized spacial score (nSPS) is 12.8. The van der Waals surface area contributed by atoms with Crippen molar-refractivity contribution >= 4 is 11.8 Å². The van der Waals surface area contributed by atoms with E-state index in [0.717, 1.165) is 11.8 Å². The Hall–Kier alpha value is -1.44.